The van der Waals surface area contributed by atoms with Gasteiger partial charge in [0.2, 0.25) is 5.91 Å². The van der Waals surface area contributed by atoms with Crippen molar-refractivity contribution in [2.75, 3.05) is 26.2 Å². The normalized spacial score (nSPS) is 9.00. The summed E-state index contributed by atoms with van der Waals surface area (Å²) in [6, 6.07) is 1.94. The number of carbonyl (C=O) groups is 1. The smallest absolute Gasteiger partial charge is 0.231 e. The van der Waals surface area contributed by atoms with Crippen molar-refractivity contribution in [3.05, 3.63) is 0 Å². The zero-order valence-electron chi connectivity index (χ0n) is 6.26. The van der Waals surface area contributed by atoms with E-state index in [2.05, 4.69) is 10.6 Å². The van der Waals surface area contributed by atoms with Gasteiger partial charge in [-0.1, -0.05) is 0 Å². The molecule has 0 atom stereocenters. The standard InChI is InChI=1S/C6H12N4O/c7-1-2-9-3-4-10-5-6(8)11/h9-10H,2-5H2,(H2,8,11). The molecule has 0 heterocycles. The summed E-state index contributed by atoms with van der Waals surface area (Å²) in [4.78, 5) is 10.2. The number of hydrogen-bond acceptors (Lipinski definition) is 4. The third kappa shape index (κ3) is 8.88. The van der Waals surface area contributed by atoms with Crippen molar-refractivity contribution in [3.8, 4) is 6.07 Å². The highest BCUT2D eigenvalue weighted by Crippen LogP contribution is 1.59. The highest BCUT2D eigenvalue weighted by Gasteiger charge is 1.90. The van der Waals surface area contributed by atoms with Crippen LogP contribution in [0.25, 0.3) is 0 Å². The Labute approximate surface area is 65.6 Å². The molecule has 0 aromatic carbocycles. The van der Waals surface area contributed by atoms with Gasteiger partial charge in [-0.3, -0.25) is 4.79 Å². The van der Waals surface area contributed by atoms with Crippen LogP contribution in [0.15, 0.2) is 0 Å². The van der Waals surface area contributed by atoms with E-state index in [9.17, 15) is 4.79 Å². The van der Waals surface area contributed by atoms with Gasteiger partial charge in [0.05, 0.1) is 19.2 Å². The molecule has 5 heteroatoms. The Bertz CT molecular complexity index is 151. The molecule has 0 aromatic rings. The fourth-order valence-corrected chi connectivity index (χ4v) is 0.533. The number of carbonyl (C=O) groups excluding carboxylic acids is 1. The van der Waals surface area contributed by atoms with Gasteiger partial charge in [-0.2, -0.15) is 5.26 Å². The van der Waals surface area contributed by atoms with E-state index in [1.807, 2.05) is 6.07 Å². The second-order valence-electron chi connectivity index (χ2n) is 1.98. The van der Waals surface area contributed by atoms with Gasteiger partial charge < -0.3 is 16.4 Å². The number of nitrogens with one attached hydrogen (secondary N) is 2. The van der Waals surface area contributed by atoms with Crippen LogP contribution < -0.4 is 16.4 Å². The first-order valence-electron chi connectivity index (χ1n) is 3.34. The van der Waals surface area contributed by atoms with Crippen molar-refractivity contribution in [2.45, 2.75) is 0 Å². The maximum atomic E-state index is 10.2. The van der Waals surface area contributed by atoms with Gasteiger partial charge in [-0.15, -0.1) is 0 Å². The lowest BCUT2D eigenvalue weighted by molar-refractivity contribution is -0.117. The zero-order valence-corrected chi connectivity index (χ0v) is 6.26. The van der Waals surface area contributed by atoms with E-state index >= 15 is 0 Å². The molecule has 0 aliphatic rings. The molecule has 0 aliphatic heterocycles. The van der Waals surface area contributed by atoms with E-state index in [1.165, 1.54) is 0 Å². The lowest BCUT2D eigenvalue weighted by atomic mass is 10.5. The zero-order chi connectivity index (χ0) is 8.53. The Kier molecular flexibility index (Phi) is 6.28. The van der Waals surface area contributed by atoms with Gasteiger partial charge >= 0.3 is 0 Å². The van der Waals surface area contributed by atoms with Gasteiger partial charge in [0.15, 0.2) is 0 Å². The van der Waals surface area contributed by atoms with E-state index < -0.39 is 0 Å². The number of nitrogens with two attached hydrogens (primary N) is 1. The number of nitrogens with zero attached hydrogens (tertiary/aromatic N) is 1. The molecular formula is C6H12N4O. The lowest BCUT2D eigenvalue weighted by Crippen LogP contribution is -2.33. The first-order chi connectivity index (χ1) is 5.27. The van der Waals surface area contributed by atoms with Crippen LogP contribution in [0.4, 0.5) is 0 Å². The average molecular weight is 156 g/mol. The largest absolute Gasteiger partial charge is 0.369 e. The molecule has 0 saturated carbocycles. The molecule has 0 radical (unpaired) electrons. The van der Waals surface area contributed by atoms with E-state index in [-0.39, 0.29) is 12.5 Å². The molecule has 0 spiro atoms. The van der Waals surface area contributed by atoms with Crippen LogP contribution in [-0.4, -0.2) is 32.1 Å². The second-order valence-corrected chi connectivity index (χ2v) is 1.98. The quantitative estimate of drug-likeness (QED) is 0.312. The molecule has 0 rings (SSSR count). The average Bonchev–Trinajstić information content (AvgIpc) is 1.96. The Hall–Kier alpha value is -1.12. The molecule has 0 aromatic heterocycles. The van der Waals surface area contributed by atoms with Crippen LogP contribution in [0.3, 0.4) is 0 Å². The Morgan fingerprint density at radius 3 is 2.64 bits per heavy atom. The Morgan fingerprint density at radius 1 is 1.45 bits per heavy atom. The molecule has 0 saturated heterocycles. The van der Waals surface area contributed by atoms with Crippen molar-refractivity contribution in [1.82, 2.24) is 10.6 Å². The molecule has 4 N–H and O–H groups in total. The van der Waals surface area contributed by atoms with Crippen LogP contribution in [0, 0.1) is 11.3 Å². The maximum absolute atomic E-state index is 10.2. The predicted octanol–water partition coefficient (Wildman–Crippen LogP) is -1.83. The molecule has 1 amide bonds. The topological polar surface area (TPSA) is 90.9 Å². The minimum atomic E-state index is -0.370. The molecule has 11 heavy (non-hydrogen) atoms. The third-order valence-electron chi connectivity index (χ3n) is 0.982. The highest BCUT2D eigenvalue weighted by atomic mass is 16.1. The molecule has 0 bridgehead atoms. The van der Waals surface area contributed by atoms with E-state index in [0.29, 0.717) is 19.6 Å². The summed E-state index contributed by atoms with van der Waals surface area (Å²) in [6.07, 6.45) is 0. The van der Waals surface area contributed by atoms with Crippen LogP contribution in [0.2, 0.25) is 0 Å². The lowest BCUT2D eigenvalue weighted by Gasteiger charge is -2.00. The summed E-state index contributed by atoms with van der Waals surface area (Å²) >= 11 is 0. The van der Waals surface area contributed by atoms with Crippen molar-refractivity contribution in [2.24, 2.45) is 5.73 Å². The SMILES string of the molecule is N#CCNCCNCC(N)=O. The fourth-order valence-electron chi connectivity index (χ4n) is 0.533. The van der Waals surface area contributed by atoms with E-state index in [0.717, 1.165) is 0 Å². The van der Waals surface area contributed by atoms with Crippen LogP contribution >= 0.6 is 0 Å². The van der Waals surface area contributed by atoms with Crippen molar-refractivity contribution in [1.29, 1.82) is 5.26 Å². The molecule has 0 aliphatic carbocycles. The number of primary amides is 1. The minimum Gasteiger partial charge on any atom is -0.369 e. The van der Waals surface area contributed by atoms with Gasteiger partial charge in [-0.25, -0.2) is 0 Å². The van der Waals surface area contributed by atoms with Gasteiger partial charge in [0.25, 0.3) is 0 Å². The molecular weight excluding hydrogens is 144 g/mol. The third-order valence-corrected chi connectivity index (χ3v) is 0.982. The fraction of sp³-hybridized carbons (Fsp3) is 0.667. The van der Waals surface area contributed by atoms with Crippen LogP contribution in [0.5, 0.6) is 0 Å². The summed E-state index contributed by atoms with van der Waals surface area (Å²) in [6.45, 7) is 1.83. The molecule has 62 valence electrons. The molecule has 0 unspecified atom stereocenters. The summed E-state index contributed by atoms with van der Waals surface area (Å²) < 4.78 is 0. The summed E-state index contributed by atoms with van der Waals surface area (Å²) in [7, 11) is 0. The monoisotopic (exact) mass is 156 g/mol. The van der Waals surface area contributed by atoms with Gasteiger partial charge in [0, 0.05) is 13.1 Å². The molecule has 5 nitrogen and oxygen atoms in total. The number of hydrogen-bond donors (Lipinski definition) is 3. The van der Waals surface area contributed by atoms with Gasteiger partial charge in [0.1, 0.15) is 0 Å². The minimum absolute atomic E-state index is 0.189. The van der Waals surface area contributed by atoms with E-state index in [1.54, 1.807) is 0 Å². The number of amides is 1. The Morgan fingerprint density at radius 2 is 2.09 bits per heavy atom. The maximum Gasteiger partial charge on any atom is 0.231 e. The van der Waals surface area contributed by atoms with Crippen molar-refractivity contribution in [3.63, 3.8) is 0 Å². The van der Waals surface area contributed by atoms with Crippen LogP contribution in [-0.2, 0) is 4.79 Å². The van der Waals surface area contributed by atoms with Crippen molar-refractivity contribution < 1.29 is 4.79 Å². The predicted molar refractivity (Wildman–Crippen MR) is 40.5 cm³/mol. The second kappa shape index (κ2) is 6.99. The number of rotatable bonds is 6. The summed E-state index contributed by atoms with van der Waals surface area (Å²) in [5.74, 6) is -0.370. The van der Waals surface area contributed by atoms with E-state index in [4.69, 9.17) is 11.0 Å². The summed E-state index contributed by atoms with van der Waals surface area (Å²) in [5.41, 5.74) is 4.86. The van der Waals surface area contributed by atoms with Crippen LogP contribution in [0.1, 0.15) is 0 Å². The summed E-state index contributed by atoms with van der Waals surface area (Å²) in [5, 5.41) is 13.7. The van der Waals surface area contributed by atoms with Gasteiger partial charge in [-0.05, 0) is 0 Å². The molecule has 0 fully saturated rings. The van der Waals surface area contributed by atoms with Crippen molar-refractivity contribution >= 4 is 5.91 Å². The first-order valence-corrected chi connectivity index (χ1v) is 3.34. The Balaban J connectivity index is 2.92. The first kappa shape index (κ1) is 9.88. The number of nitriles is 1. The highest BCUT2D eigenvalue weighted by molar-refractivity contribution is 5.75.